The molecule has 1 amide bonds. The minimum absolute atomic E-state index is 0.132. The first-order valence-corrected chi connectivity index (χ1v) is 8.53. The van der Waals surface area contributed by atoms with Crippen molar-refractivity contribution in [2.75, 3.05) is 5.32 Å². The van der Waals surface area contributed by atoms with E-state index in [1.54, 1.807) is 11.3 Å². The molecule has 0 radical (unpaired) electrons. The van der Waals surface area contributed by atoms with Crippen LogP contribution in [0.2, 0.25) is 0 Å². The van der Waals surface area contributed by atoms with Crippen molar-refractivity contribution in [2.45, 2.75) is 19.9 Å². The molecule has 4 nitrogen and oxygen atoms in total. The van der Waals surface area contributed by atoms with Crippen LogP contribution in [0.5, 0.6) is 0 Å². The largest absolute Gasteiger partial charge is 0.350 e. The van der Waals surface area contributed by atoms with E-state index in [-0.39, 0.29) is 11.9 Å². The van der Waals surface area contributed by atoms with E-state index in [4.69, 9.17) is 12.2 Å². The van der Waals surface area contributed by atoms with Crippen molar-refractivity contribution in [3.05, 3.63) is 63.5 Å². The average molecular weight is 343 g/mol. The number of carbonyl (C=O) groups is 1. The SMILES string of the molecule is CC1=C(C(=O)Nc2ccc(C)cc2)[C@@H](c2cccs2)NC(=S)N1. The van der Waals surface area contributed by atoms with Crippen LogP contribution < -0.4 is 16.0 Å². The number of anilines is 1. The second-order valence-electron chi connectivity index (χ2n) is 5.41. The van der Waals surface area contributed by atoms with E-state index in [1.165, 1.54) is 0 Å². The first-order valence-electron chi connectivity index (χ1n) is 7.24. The van der Waals surface area contributed by atoms with Crippen molar-refractivity contribution in [3.8, 4) is 0 Å². The second kappa shape index (κ2) is 6.52. The van der Waals surface area contributed by atoms with Gasteiger partial charge in [-0.1, -0.05) is 23.8 Å². The topological polar surface area (TPSA) is 53.2 Å². The molecule has 118 valence electrons. The standard InChI is InChI=1S/C17H17N3OS2/c1-10-5-7-12(8-6-10)19-16(21)14-11(2)18-17(22)20-15(14)13-4-3-9-23-13/h3-9,15H,1-2H3,(H,19,21)(H2,18,20,22)/t15-/m1/s1. The Kier molecular flexibility index (Phi) is 4.45. The number of aryl methyl sites for hydroxylation is 1. The van der Waals surface area contributed by atoms with E-state index in [1.807, 2.05) is 55.6 Å². The van der Waals surface area contributed by atoms with Gasteiger partial charge in [0, 0.05) is 16.3 Å². The highest BCUT2D eigenvalue weighted by atomic mass is 32.1. The fraction of sp³-hybridized carbons (Fsp3) is 0.176. The van der Waals surface area contributed by atoms with Crippen molar-refractivity contribution < 1.29 is 4.79 Å². The van der Waals surface area contributed by atoms with Gasteiger partial charge in [0.05, 0.1) is 11.6 Å². The zero-order valence-corrected chi connectivity index (χ0v) is 14.5. The van der Waals surface area contributed by atoms with Crippen LogP contribution in [-0.4, -0.2) is 11.0 Å². The van der Waals surface area contributed by atoms with Crippen molar-refractivity contribution in [2.24, 2.45) is 0 Å². The zero-order valence-electron chi connectivity index (χ0n) is 12.8. The summed E-state index contributed by atoms with van der Waals surface area (Å²) in [6, 6.07) is 11.5. The van der Waals surface area contributed by atoms with Gasteiger partial charge in [-0.05, 0) is 49.6 Å². The minimum atomic E-state index is -0.228. The Morgan fingerprint density at radius 3 is 2.61 bits per heavy atom. The van der Waals surface area contributed by atoms with E-state index < -0.39 is 0 Å². The summed E-state index contributed by atoms with van der Waals surface area (Å²) in [5, 5.41) is 11.7. The van der Waals surface area contributed by atoms with Gasteiger partial charge >= 0.3 is 0 Å². The average Bonchev–Trinajstić information content (AvgIpc) is 3.03. The van der Waals surface area contributed by atoms with Gasteiger partial charge in [-0.25, -0.2) is 0 Å². The molecule has 1 aliphatic rings. The number of hydrogen-bond acceptors (Lipinski definition) is 3. The van der Waals surface area contributed by atoms with Crippen LogP contribution in [0.3, 0.4) is 0 Å². The highest BCUT2D eigenvalue weighted by molar-refractivity contribution is 7.80. The summed E-state index contributed by atoms with van der Waals surface area (Å²) >= 11 is 6.83. The number of amides is 1. The lowest BCUT2D eigenvalue weighted by atomic mass is 10.0. The fourth-order valence-corrected chi connectivity index (χ4v) is 3.55. The molecule has 0 unspecified atom stereocenters. The van der Waals surface area contributed by atoms with Crippen molar-refractivity contribution in [1.29, 1.82) is 0 Å². The monoisotopic (exact) mass is 343 g/mol. The molecule has 1 aliphatic heterocycles. The normalized spacial score (nSPS) is 17.5. The number of allylic oxidation sites excluding steroid dienone is 1. The van der Waals surface area contributed by atoms with Gasteiger partial charge in [-0.3, -0.25) is 4.79 Å². The molecule has 0 bridgehead atoms. The molecule has 1 aromatic heterocycles. The van der Waals surface area contributed by atoms with E-state index in [2.05, 4.69) is 16.0 Å². The van der Waals surface area contributed by atoms with Crippen LogP contribution in [0.25, 0.3) is 0 Å². The Labute approximate surface area is 144 Å². The van der Waals surface area contributed by atoms with Crippen LogP contribution in [0.4, 0.5) is 5.69 Å². The van der Waals surface area contributed by atoms with E-state index in [0.29, 0.717) is 10.7 Å². The lowest BCUT2D eigenvalue weighted by molar-refractivity contribution is -0.113. The molecular formula is C17H17N3OS2. The number of rotatable bonds is 3. The van der Waals surface area contributed by atoms with Gasteiger partial charge in [0.15, 0.2) is 5.11 Å². The summed E-state index contributed by atoms with van der Waals surface area (Å²) < 4.78 is 0. The molecule has 0 fully saturated rings. The van der Waals surface area contributed by atoms with Crippen LogP contribution in [0.15, 0.2) is 53.0 Å². The van der Waals surface area contributed by atoms with Crippen molar-refractivity contribution in [3.63, 3.8) is 0 Å². The first-order chi connectivity index (χ1) is 11.0. The van der Waals surface area contributed by atoms with Crippen LogP contribution in [0.1, 0.15) is 23.4 Å². The molecule has 6 heteroatoms. The smallest absolute Gasteiger partial charge is 0.255 e. The Hall–Kier alpha value is -2.18. The molecule has 2 heterocycles. The maximum absolute atomic E-state index is 12.8. The lowest BCUT2D eigenvalue weighted by Gasteiger charge is -2.29. The number of hydrogen-bond donors (Lipinski definition) is 3. The van der Waals surface area contributed by atoms with Crippen LogP contribution >= 0.6 is 23.6 Å². The molecular weight excluding hydrogens is 326 g/mol. The van der Waals surface area contributed by atoms with Gasteiger partial charge < -0.3 is 16.0 Å². The number of benzene rings is 1. The van der Waals surface area contributed by atoms with E-state index >= 15 is 0 Å². The van der Waals surface area contributed by atoms with E-state index in [9.17, 15) is 4.79 Å². The Morgan fingerprint density at radius 2 is 1.96 bits per heavy atom. The summed E-state index contributed by atoms with van der Waals surface area (Å²) in [4.78, 5) is 13.8. The third-order valence-corrected chi connectivity index (χ3v) is 4.81. The number of carbonyl (C=O) groups excluding carboxylic acids is 1. The van der Waals surface area contributed by atoms with Gasteiger partial charge in [0.1, 0.15) is 0 Å². The molecule has 0 spiro atoms. The van der Waals surface area contributed by atoms with Gasteiger partial charge in [-0.2, -0.15) is 0 Å². The summed E-state index contributed by atoms with van der Waals surface area (Å²) in [5.41, 5.74) is 3.36. The minimum Gasteiger partial charge on any atom is -0.350 e. The second-order valence-corrected chi connectivity index (χ2v) is 6.79. The molecule has 1 atom stereocenters. The Balaban J connectivity index is 1.90. The third kappa shape index (κ3) is 3.43. The summed E-state index contributed by atoms with van der Waals surface area (Å²) in [6.07, 6.45) is 0. The Bertz CT molecular complexity index is 764. The maximum atomic E-state index is 12.8. The molecule has 23 heavy (non-hydrogen) atoms. The van der Waals surface area contributed by atoms with Crippen LogP contribution in [-0.2, 0) is 4.79 Å². The zero-order chi connectivity index (χ0) is 16.4. The molecule has 0 aliphatic carbocycles. The van der Waals surface area contributed by atoms with Crippen molar-refractivity contribution in [1.82, 2.24) is 10.6 Å². The summed E-state index contributed by atoms with van der Waals surface area (Å²) in [7, 11) is 0. The molecule has 1 aromatic carbocycles. The number of thiocarbonyl (C=S) groups is 1. The van der Waals surface area contributed by atoms with Gasteiger partial charge in [-0.15, -0.1) is 11.3 Å². The predicted molar refractivity (Wildman–Crippen MR) is 98.4 cm³/mol. The lowest BCUT2D eigenvalue weighted by Crippen LogP contribution is -2.45. The van der Waals surface area contributed by atoms with Gasteiger partial charge in [0.2, 0.25) is 0 Å². The third-order valence-electron chi connectivity index (χ3n) is 3.65. The highest BCUT2D eigenvalue weighted by Crippen LogP contribution is 2.30. The molecule has 0 saturated carbocycles. The maximum Gasteiger partial charge on any atom is 0.255 e. The molecule has 3 rings (SSSR count). The summed E-state index contributed by atoms with van der Waals surface area (Å²) in [6.45, 7) is 3.89. The van der Waals surface area contributed by atoms with E-state index in [0.717, 1.165) is 21.8 Å². The predicted octanol–water partition coefficient (Wildman–Crippen LogP) is 3.49. The van der Waals surface area contributed by atoms with Gasteiger partial charge in [0.25, 0.3) is 5.91 Å². The summed E-state index contributed by atoms with van der Waals surface area (Å²) in [5.74, 6) is -0.132. The molecule has 0 saturated heterocycles. The number of thiophene rings is 1. The number of nitrogens with one attached hydrogen (secondary N) is 3. The molecule has 2 aromatic rings. The fourth-order valence-electron chi connectivity index (χ4n) is 2.50. The van der Waals surface area contributed by atoms with Crippen molar-refractivity contribution >= 4 is 40.3 Å². The molecule has 3 N–H and O–H groups in total. The van der Waals surface area contributed by atoms with Crippen LogP contribution in [0, 0.1) is 6.92 Å². The first kappa shape index (κ1) is 15.7. The quantitative estimate of drug-likeness (QED) is 0.747. The Morgan fingerprint density at radius 1 is 1.22 bits per heavy atom. The highest BCUT2D eigenvalue weighted by Gasteiger charge is 2.30.